The number of guanidine groups is 2. The first-order chi connectivity index (χ1) is 6.02. The summed E-state index contributed by atoms with van der Waals surface area (Å²) in [5, 5.41) is 13.8. The normalized spacial score (nSPS) is 11.3. The van der Waals surface area contributed by atoms with Crippen molar-refractivity contribution in [3.63, 3.8) is 0 Å². The van der Waals surface area contributed by atoms with Crippen LogP contribution in [-0.4, -0.2) is 23.8 Å². The van der Waals surface area contributed by atoms with Crippen LogP contribution < -0.4 is 22.9 Å². The van der Waals surface area contributed by atoms with E-state index in [0.29, 0.717) is 5.71 Å². The van der Waals surface area contributed by atoms with Gasteiger partial charge in [-0.05, 0) is 6.92 Å². The van der Waals surface area contributed by atoms with Crippen LogP contribution in [0.15, 0.2) is 20.4 Å². The summed E-state index contributed by atoms with van der Waals surface area (Å²) < 4.78 is 0. The highest BCUT2D eigenvalue weighted by Crippen LogP contribution is 1.76. The molecule has 8 heteroatoms. The van der Waals surface area contributed by atoms with Crippen LogP contribution in [0.3, 0.4) is 0 Å². The van der Waals surface area contributed by atoms with Crippen molar-refractivity contribution >= 4 is 23.8 Å². The SMILES string of the molecule is C/C(C=NN=C(N)N)=N/N=C(N)N. The zero-order chi connectivity index (χ0) is 10.3. The third kappa shape index (κ3) is 7.78. The molecular formula is C5H12N8. The zero-order valence-electron chi connectivity index (χ0n) is 7.18. The van der Waals surface area contributed by atoms with Crippen molar-refractivity contribution in [3.05, 3.63) is 0 Å². The monoisotopic (exact) mass is 184 g/mol. The Morgan fingerprint density at radius 3 is 1.92 bits per heavy atom. The van der Waals surface area contributed by atoms with Crippen molar-refractivity contribution in [2.45, 2.75) is 6.92 Å². The molecule has 0 bridgehead atoms. The predicted octanol–water partition coefficient (Wildman–Crippen LogP) is -2.11. The van der Waals surface area contributed by atoms with E-state index in [4.69, 9.17) is 22.9 Å². The van der Waals surface area contributed by atoms with E-state index in [1.54, 1.807) is 6.92 Å². The van der Waals surface area contributed by atoms with E-state index < -0.39 is 0 Å². The van der Waals surface area contributed by atoms with Crippen LogP contribution in [0.4, 0.5) is 0 Å². The molecule has 0 aromatic rings. The zero-order valence-corrected chi connectivity index (χ0v) is 7.18. The molecule has 0 saturated heterocycles. The Morgan fingerprint density at radius 2 is 1.46 bits per heavy atom. The number of hydrogen-bond acceptors (Lipinski definition) is 4. The van der Waals surface area contributed by atoms with Crippen molar-refractivity contribution in [2.24, 2.45) is 43.3 Å². The van der Waals surface area contributed by atoms with Crippen LogP contribution >= 0.6 is 0 Å². The average molecular weight is 184 g/mol. The molecule has 0 aliphatic heterocycles. The molecule has 8 N–H and O–H groups in total. The lowest BCUT2D eigenvalue weighted by Gasteiger charge is -1.86. The molecule has 13 heavy (non-hydrogen) atoms. The highest BCUT2D eigenvalue weighted by molar-refractivity contribution is 6.29. The summed E-state index contributed by atoms with van der Waals surface area (Å²) in [6.07, 6.45) is 1.31. The highest BCUT2D eigenvalue weighted by atomic mass is 15.3. The third-order valence-corrected chi connectivity index (χ3v) is 0.741. The molecule has 0 radical (unpaired) electrons. The van der Waals surface area contributed by atoms with Crippen LogP contribution in [0.5, 0.6) is 0 Å². The van der Waals surface area contributed by atoms with Crippen LogP contribution in [-0.2, 0) is 0 Å². The van der Waals surface area contributed by atoms with Gasteiger partial charge in [0.05, 0.1) is 11.9 Å². The van der Waals surface area contributed by atoms with Gasteiger partial charge in [-0.3, -0.25) is 0 Å². The Kier molecular flexibility index (Phi) is 4.62. The lowest BCUT2D eigenvalue weighted by atomic mass is 10.5. The van der Waals surface area contributed by atoms with Gasteiger partial charge in [-0.1, -0.05) is 0 Å². The van der Waals surface area contributed by atoms with Crippen molar-refractivity contribution in [2.75, 3.05) is 0 Å². The molecule has 0 rings (SSSR count). The van der Waals surface area contributed by atoms with E-state index in [1.807, 2.05) is 0 Å². The maximum absolute atomic E-state index is 5.03. The summed E-state index contributed by atoms with van der Waals surface area (Å²) in [6.45, 7) is 1.64. The molecule has 0 aliphatic carbocycles. The van der Waals surface area contributed by atoms with Crippen molar-refractivity contribution in [1.29, 1.82) is 0 Å². The molecule has 0 aliphatic rings. The van der Waals surface area contributed by atoms with Gasteiger partial charge in [0.15, 0.2) is 0 Å². The Morgan fingerprint density at radius 1 is 0.923 bits per heavy atom. The summed E-state index contributed by atoms with van der Waals surface area (Å²) in [7, 11) is 0. The fraction of sp³-hybridized carbons (Fsp3) is 0.200. The lowest BCUT2D eigenvalue weighted by Crippen LogP contribution is -2.22. The summed E-state index contributed by atoms with van der Waals surface area (Å²) in [5.74, 6) is -0.263. The second-order valence-corrected chi connectivity index (χ2v) is 2.04. The predicted molar refractivity (Wildman–Crippen MR) is 53.2 cm³/mol. The Hall–Kier alpha value is -2.12. The lowest BCUT2D eigenvalue weighted by molar-refractivity contribution is 1.19. The van der Waals surface area contributed by atoms with E-state index in [0.717, 1.165) is 0 Å². The van der Waals surface area contributed by atoms with Crippen molar-refractivity contribution < 1.29 is 0 Å². The molecule has 0 atom stereocenters. The van der Waals surface area contributed by atoms with Crippen LogP contribution in [0.1, 0.15) is 6.92 Å². The van der Waals surface area contributed by atoms with E-state index >= 15 is 0 Å². The average Bonchev–Trinajstić information content (AvgIpc) is 2.00. The minimum absolute atomic E-state index is 0.130. The molecule has 0 aromatic heterocycles. The number of nitrogens with zero attached hydrogens (tertiary/aromatic N) is 4. The first-order valence-corrected chi connectivity index (χ1v) is 3.27. The summed E-state index contributed by atoms with van der Waals surface area (Å²) >= 11 is 0. The first kappa shape index (κ1) is 10.9. The molecule has 0 amide bonds. The molecule has 0 heterocycles. The summed E-state index contributed by atoms with van der Waals surface area (Å²) in [4.78, 5) is 0. The molecule has 72 valence electrons. The van der Waals surface area contributed by atoms with E-state index in [1.165, 1.54) is 6.21 Å². The van der Waals surface area contributed by atoms with E-state index in [-0.39, 0.29) is 11.9 Å². The van der Waals surface area contributed by atoms with Gasteiger partial charge in [-0.15, -0.1) is 10.2 Å². The van der Waals surface area contributed by atoms with Crippen LogP contribution in [0.25, 0.3) is 0 Å². The number of rotatable bonds is 3. The first-order valence-electron chi connectivity index (χ1n) is 3.27. The summed E-state index contributed by atoms with van der Waals surface area (Å²) in [5.41, 5.74) is 20.5. The smallest absolute Gasteiger partial charge is 0.211 e. The minimum atomic E-state index is -0.133. The fourth-order valence-electron chi connectivity index (χ4n) is 0.342. The largest absolute Gasteiger partial charge is 0.369 e. The number of nitrogens with two attached hydrogens (primary N) is 4. The van der Waals surface area contributed by atoms with Gasteiger partial charge >= 0.3 is 0 Å². The van der Waals surface area contributed by atoms with Crippen molar-refractivity contribution in [1.82, 2.24) is 0 Å². The molecule has 0 aromatic carbocycles. The van der Waals surface area contributed by atoms with Gasteiger partial charge in [-0.25, -0.2) is 0 Å². The topological polar surface area (TPSA) is 154 Å². The molecule has 0 unspecified atom stereocenters. The maximum Gasteiger partial charge on any atom is 0.211 e. The Labute approximate surface area is 75.1 Å². The van der Waals surface area contributed by atoms with E-state index in [9.17, 15) is 0 Å². The summed E-state index contributed by atoms with van der Waals surface area (Å²) in [6, 6.07) is 0. The molecule has 0 spiro atoms. The second kappa shape index (κ2) is 5.52. The Balaban J connectivity index is 4.22. The van der Waals surface area contributed by atoms with Gasteiger partial charge < -0.3 is 22.9 Å². The third-order valence-electron chi connectivity index (χ3n) is 0.741. The van der Waals surface area contributed by atoms with Crippen LogP contribution in [0, 0.1) is 0 Å². The van der Waals surface area contributed by atoms with Crippen molar-refractivity contribution in [3.8, 4) is 0 Å². The molecule has 0 saturated carbocycles. The Bertz CT molecular complexity index is 264. The fourth-order valence-corrected chi connectivity index (χ4v) is 0.342. The quantitative estimate of drug-likeness (QED) is 0.225. The minimum Gasteiger partial charge on any atom is -0.369 e. The van der Waals surface area contributed by atoms with E-state index in [2.05, 4.69) is 20.4 Å². The van der Waals surface area contributed by atoms with Gasteiger partial charge in [-0.2, -0.15) is 10.2 Å². The molecule has 0 fully saturated rings. The number of hydrogen-bond donors (Lipinski definition) is 4. The maximum atomic E-state index is 5.03. The van der Waals surface area contributed by atoms with Gasteiger partial charge in [0.25, 0.3) is 0 Å². The molecule has 8 nitrogen and oxygen atoms in total. The van der Waals surface area contributed by atoms with Gasteiger partial charge in [0.2, 0.25) is 11.9 Å². The van der Waals surface area contributed by atoms with Crippen LogP contribution in [0.2, 0.25) is 0 Å². The second-order valence-electron chi connectivity index (χ2n) is 2.04. The van der Waals surface area contributed by atoms with Gasteiger partial charge in [0.1, 0.15) is 0 Å². The van der Waals surface area contributed by atoms with Gasteiger partial charge in [0, 0.05) is 0 Å². The molecular weight excluding hydrogens is 172 g/mol. The standard InChI is InChI=1S/C5H12N8/c1-3(11-13-5(8)9)2-10-12-4(6)7/h2H,1H3,(H4,6,7,12)(H4,8,9,13)/b10-2?,11-3-. The highest BCUT2D eigenvalue weighted by Gasteiger charge is 1.83.